The van der Waals surface area contributed by atoms with Gasteiger partial charge in [0.05, 0.1) is 18.5 Å². The van der Waals surface area contributed by atoms with Gasteiger partial charge in [0.1, 0.15) is 11.6 Å². The van der Waals surface area contributed by atoms with Crippen LogP contribution >= 0.6 is 0 Å². The Morgan fingerprint density at radius 1 is 1.12 bits per heavy atom. The molecule has 136 valence electrons. The molecule has 0 saturated carbocycles. The van der Waals surface area contributed by atoms with Crippen LogP contribution in [0.4, 0.5) is 0 Å². The van der Waals surface area contributed by atoms with Gasteiger partial charge in [0.2, 0.25) is 0 Å². The van der Waals surface area contributed by atoms with Gasteiger partial charge in [0.15, 0.2) is 0 Å². The van der Waals surface area contributed by atoms with Crippen molar-refractivity contribution in [2.24, 2.45) is 4.99 Å². The molecule has 0 aromatic heterocycles. The lowest BCUT2D eigenvalue weighted by Gasteiger charge is -2.38. The minimum absolute atomic E-state index is 0.841. The van der Waals surface area contributed by atoms with Crippen molar-refractivity contribution in [1.29, 1.82) is 0 Å². The first-order valence-corrected chi connectivity index (χ1v) is 9.34. The summed E-state index contributed by atoms with van der Waals surface area (Å²) in [6.07, 6.45) is 8.75. The predicted octanol–water partition coefficient (Wildman–Crippen LogP) is 2.80. The van der Waals surface area contributed by atoms with Crippen LogP contribution in [0.5, 0.6) is 5.75 Å². The number of aliphatic imine (C=N–C) groups is 1. The number of likely N-dealkylation sites (N-methyl/N-ethyl adjacent to an activating group) is 1. The Bertz CT molecular complexity index is 785. The van der Waals surface area contributed by atoms with E-state index in [9.17, 15) is 0 Å². The Morgan fingerprint density at radius 2 is 1.96 bits per heavy atom. The average molecular weight is 350 g/mol. The Balaban J connectivity index is 1.47. The molecule has 0 bridgehead atoms. The molecule has 0 N–H and O–H groups in total. The van der Waals surface area contributed by atoms with Crippen molar-refractivity contribution >= 4 is 11.5 Å². The molecule has 1 aromatic rings. The maximum atomic E-state index is 5.33. The number of piperazine rings is 1. The topological polar surface area (TPSA) is 31.3 Å². The van der Waals surface area contributed by atoms with E-state index in [1.54, 1.807) is 7.11 Å². The highest BCUT2D eigenvalue weighted by Gasteiger charge is 2.22. The number of ether oxygens (including phenoxy) is 1. The van der Waals surface area contributed by atoms with Crippen molar-refractivity contribution in [3.05, 3.63) is 60.0 Å². The van der Waals surface area contributed by atoms with Gasteiger partial charge >= 0.3 is 0 Å². The minimum atomic E-state index is 0.841. The zero-order chi connectivity index (χ0) is 17.9. The maximum absolute atomic E-state index is 5.33. The highest BCUT2D eigenvalue weighted by atomic mass is 16.5. The molecule has 1 saturated heterocycles. The average Bonchev–Trinajstić information content (AvgIpc) is 2.73. The summed E-state index contributed by atoms with van der Waals surface area (Å²) in [5, 5.41) is 0. The molecular weight excluding hydrogens is 324 g/mol. The number of allylic oxidation sites excluding steroid dienone is 1. The van der Waals surface area contributed by atoms with Crippen LogP contribution in [0, 0.1) is 0 Å². The van der Waals surface area contributed by atoms with E-state index in [1.807, 2.05) is 18.2 Å². The summed E-state index contributed by atoms with van der Waals surface area (Å²) < 4.78 is 5.33. The molecule has 5 nitrogen and oxygen atoms in total. The Labute approximate surface area is 155 Å². The Hall–Kier alpha value is -2.53. The first-order chi connectivity index (χ1) is 12.8. The maximum Gasteiger partial charge on any atom is 0.133 e. The van der Waals surface area contributed by atoms with Gasteiger partial charge in [-0.05, 0) is 36.9 Å². The van der Waals surface area contributed by atoms with Gasteiger partial charge in [-0.25, -0.2) is 4.99 Å². The van der Waals surface area contributed by atoms with E-state index in [-0.39, 0.29) is 0 Å². The van der Waals surface area contributed by atoms with Gasteiger partial charge in [-0.1, -0.05) is 19.1 Å². The number of methoxy groups -OCH3 is 1. The second-order valence-electron chi connectivity index (χ2n) is 6.75. The van der Waals surface area contributed by atoms with Crippen LogP contribution in [-0.2, 0) is 0 Å². The monoisotopic (exact) mass is 350 g/mol. The fraction of sp³-hybridized carbons (Fsp3) is 0.381. The van der Waals surface area contributed by atoms with E-state index >= 15 is 0 Å². The molecular formula is C21H26N4O. The molecule has 3 heterocycles. The van der Waals surface area contributed by atoms with Gasteiger partial charge in [-0.3, -0.25) is 0 Å². The molecule has 0 unspecified atom stereocenters. The highest BCUT2D eigenvalue weighted by Crippen LogP contribution is 2.26. The van der Waals surface area contributed by atoms with Crippen molar-refractivity contribution in [2.45, 2.75) is 6.92 Å². The van der Waals surface area contributed by atoms with E-state index in [1.165, 1.54) is 5.70 Å². The molecule has 0 aliphatic carbocycles. The van der Waals surface area contributed by atoms with Gasteiger partial charge in [0.25, 0.3) is 0 Å². The first-order valence-electron chi connectivity index (χ1n) is 9.34. The van der Waals surface area contributed by atoms with E-state index < -0.39 is 0 Å². The molecule has 0 atom stereocenters. The molecule has 0 amide bonds. The summed E-state index contributed by atoms with van der Waals surface area (Å²) in [6.45, 7) is 8.69. The standard InChI is InChI=1S/C21H26N4O/c1-3-23-11-13-24(14-12-23)18-7-8-21-22-20(9-10-25(21)16-18)17-5-4-6-19(15-17)26-2/h4-9,15-16H,3,10-14H2,1-2H3. The van der Waals surface area contributed by atoms with E-state index in [2.05, 4.69) is 52.1 Å². The third-order valence-corrected chi connectivity index (χ3v) is 5.25. The van der Waals surface area contributed by atoms with Gasteiger partial charge in [-0.2, -0.15) is 0 Å². The van der Waals surface area contributed by atoms with Crippen LogP contribution in [0.2, 0.25) is 0 Å². The van der Waals surface area contributed by atoms with Crippen LogP contribution in [0.1, 0.15) is 12.5 Å². The number of rotatable bonds is 4. The second-order valence-corrected chi connectivity index (χ2v) is 6.75. The number of hydrogen-bond acceptors (Lipinski definition) is 5. The number of nitrogens with zero attached hydrogens (tertiary/aromatic N) is 4. The van der Waals surface area contributed by atoms with Crippen LogP contribution in [0.25, 0.3) is 5.70 Å². The molecule has 3 aliphatic heterocycles. The van der Waals surface area contributed by atoms with Crippen molar-refractivity contribution in [2.75, 3.05) is 46.4 Å². The first kappa shape index (κ1) is 16.9. The molecule has 3 aliphatic rings. The predicted molar refractivity (Wildman–Crippen MR) is 106 cm³/mol. The van der Waals surface area contributed by atoms with E-state index in [0.29, 0.717) is 0 Å². The summed E-state index contributed by atoms with van der Waals surface area (Å²) in [7, 11) is 1.69. The number of benzene rings is 1. The van der Waals surface area contributed by atoms with Gasteiger partial charge in [0, 0.05) is 44.5 Å². The number of amidine groups is 1. The molecule has 26 heavy (non-hydrogen) atoms. The van der Waals surface area contributed by atoms with Gasteiger partial charge in [-0.15, -0.1) is 0 Å². The van der Waals surface area contributed by atoms with E-state index in [0.717, 1.165) is 62.1 Å². The summed E-state index contributed by atoms with van der Waals surface area (Å²) in [4.78, 5) is 12.0. The fourth-order valence-electron chi connectivity index (χ4n) is 3.60. The second kappa shape index (κ2) is 7.38. The van der Waals surface area contributed by atoms with Crippen molar-refractivity contribution in [3.63, 3.8) is 0 Å². The molecule has 1 fully saturated rings. The summed E-state index contributed by atoms with van der Waals surface area (Å²) in [5.41, 5.74) is 3.39. The van der Waals surface area contributed by atoms with E-state index in [4.69, 9.17) is 9.73 Å². The van der Waals surface area contributed by atoms with Crippen LogP contribution in [0.15, 0.2) is 59.4 Å². The lowest BCUT2D eigenvalue weighted by molar-refractivity contribution is 0.167. The fourth-order valence-corrected chi connectivity index (χ4v) is 3.60. The Morgan fingerprint density at radius 3 is 2.73 bits per heavy atom. The minimum Gasteiger partial charge on any atom is -0.497 e. The number of hydrogen-bond donors (Lipinski definition) is 0. The summed E-state index contributed by atoms with van der Waals surface area (Å²) in [6, 6.07) is 8.08. The summed E-state index contributed by atoms with van der Waals surface area (Å²) >= 11 is 0. The normalized spacial score (nSPS) is 20.3. The molecule has 0 radical (unpaired) electrons. The summed E-state index contributed by atoms with van der Waals surface area (Å²) in [5.74, 6) is 1.86. The quantitative estimate of drug-likeness (QED) is 0.836. The van der Waals surface area contributed by atoms with Crippen molar-refractivity contribution in [3.8, 4) is 5.75 Å². The van der Waals surface area contributed by atoms with Crippen molar-refractivity contribution < 1.29 is 4.74 Å². The molecule has 5 heteroatoms. The third-order valence-electron chi connectivity index (χ3n) is 5.25. The lowest BCUT2D eigenvalue weighted by Crippen LogP contribution is -2.46. The van der Waals surface area contributed by atoms with Gasteiger partial charge < -0.3 is 19.4 Å². The van der Waals surface area contributed by atoms with Crippen LogP contribution in [0.3, 0.4) is 0 Å². The zero-order valence-electron chi connectivity index (χ0n) is 15.6. The number of fused-ring (bicyclic) bond motifs is 1. The van der Waals surface area contributed by atoms with Crippen LogP contribution < -0.4 is 4.74 Å². The lowest BCUT2D eigenvalue weighted by atomic mass is 10.1. The van der Waals surface area contributed by atoms with Crippen molar-refractivity contribution in [1.82, 2.24) is 14.7 Å². The largest absolute Gasteiger partial charge is 0.497 e. The smallest absolute Gasteiger partial charge is 0.133 e. The Kier molecular flexibility index (Phi) is 4.80. The molecule has 4 rings (SSSR count). The third kappa shape index (κ3) is 3.40. The highest BCUT2D eigenvalue weighted by molar-refractivity contribution is 6.00. The molecule has 0 spiro atoms. The molecule has 1 aromatic carbocycles. The zero-order valence-corrected chi connectivity index (χ0v) is 15.6. The SMILES string of the molecule is CCN1CCN(C2=CN3CC=C(c4cccc(OC)c4)N=C3C=C2)CC1. The van der Waals surface area contributed by atoms with Crippen LogP contribution in [-0.4, -0.2) is 66.9 Å².